The van der Waals surface area contributed by atoms with Crippen LogP contribution in [0.3, 0.4) is 0 Å². The molecule has 0 saturated heterocycles. The van der Waals surface area contributed by atoms with Gasteiger partial charge in [0.05, 0.1) is 24.9 Å². The first-order chi connectivity index (χ1) is 12.5. The minimum Gasteiger partial charge on any atom is -1.00 e. The largest absolute Gasteiger partial charge is 1.00 e. The maximum Gasteiger partial charge on any atom is 0.512 e. The van der Waals surface area contributed by atoms with Gasteiger partial charge in [0, 0.05) is 24.0 Å². The molecule has 27 heavy (non-hydrogen) atoms. The van der Waals surface area contributed by atoms with Gasteiger partial charge in [-0.1, -0.05) is 9.36 Å². The molecule has 0 aliphatic heterocycles. The van der Waals surface area contributed by atoms with Gasteiger partial charge in [-0.3, -0.25) is 4.79 Å². The molecule has 1 aromatic heterocycles. The number of hydrogen-bond donors (Lipinski definition) is 2. The summed E-state index contributed by atoms with van der Waals surface area (Å²) in [5, 5.41) is 22.1. The molecular weight excluding hydrogens is 368 g/mol. The minimum atomic E-state index is -0.0917. The van der Waals surface area contributed by atoms with Crippen molar-refractivity contribution in [3.63, 3.8) is 0 Å². The zero-order valence-corrected chi connectivity index (χ0v) is 15.8. The van der Waals surface area contributed by atoms with Gasteiger partial charge >= 0.3 is 5.95 Å². The van der Waals surface area contributed by atoms with Crippen LogP contribution < -0.4 is 23.0 Å². The molecule has 140 valence electrons. The molecule has 0 aliphatic carbocycles. The molecule has 1 amide bonds. The maximum atomic E-state index is 11.0. The lowest BCUT2D eigenvalue weighted by molar-refractivity contribution is -0.114. The van der Waals surface area contributed by atoms with Crippen LogP contribution in [-0.2, 0) is 18.9 Å². The van der Waals surface area contributed by atoms with Crippen molar-refractivity contribution in [2.75, 3.05) is 10.6 Å². The van der Waals surface area contributed by atoms with E-state index in [2.05, 4.69) is 31.3 Å². The van der Waals surface area contributed by atoms with E-state index in [1.165, 1.54) is 6.92 Å². The molecule has 0 aliphatic rings. The number of amides is 1. The molecule has 0 atom stereocenters. The van der Waals surface area contributed by atoms with Crippen LogP contribution in [0.4, 0.5) is 28.7 Å². The first kappa shape index (κ1) is 20.0. The van der Waals surface area contributed by atoms with Gasteiger partial charge in [0.1, 0.15) is 0 Å². The molecular formula is C17H19ClN8O. The number of nitrogens with zero attached hydrogens (tertiary/aromatic N) is 6. The molecule has 1 heterocycles. The van der Waals surface area contributed by atoms with Crippen molar-refractivity contribution in [1.29, 1.82) is 0 Å². The molecule has 0 unspecified atom stereocenters. The fraction of sp³-hybridized carbons (Fsp3) is 0.176. The number of benzene rings is 2. The van der Waals surface area contributed by atoms with E-state index >= 15 is 0 Å². The van der Waals surface area contributed by atoms with Crippen LogP contribution in [0.5, 0.6) is 0 Å². The Balaban J connectivity index is 0.00000261. The Morgan fingerprint density at radius 1 is 0.926 bits per heavy atom. The number of carbonyl (C=O) groups is 1. The highest BCUT2D eigenvalue weighted by molar-refractivity contribution is 5.88. The molecule has 3 rings (SSSR count). The summed E-state index contributed by atoms with van der Waals surface area (Å²) in [6, 6.07) is 15.0. The standard InChI is InChI=1S/C17H18N8O.ClH/c1-12(26)18-13-4-6-14(7-5-13)19-15-8-10-16(11-9-15)20-21-17-24(2)22-23-25(17)3;/h4-11H,1-3H3,(H-,18,19,20,21,22,23,26);1H. The maximum absolute atomic E-state index is 11.0. The van der Waals surface area contributed by atoms with E-state index < -0.39 is 0 Å². The number of tetrazole rings is 1. The van der Waals surface area contributed by atoms with E-state index in [1.54, 1.807) is 23.5 Å². The Morgan fingerprint density at radius 2 is 1.41 bits per heavy atom. The lowest BCUT2D eigenvalue weighted by Crippen LogP contribution is -3.00. The third-order valence-electron chi connectivity index (χ3n) is 3.50. The molecule has 0 bridgehead atoms. The van der Waals surface area contributed by atoms with Gasteiger partial charge in [-0.2, -0.15) is 0 Å². The number of carbonyl (C=O) groups excluding carboxylic acids is 1. The number of rotatable bonds is 5. The lowest BCUT2D eigenvalue weighted by atomic mass is 10.2. The first-order valence-corrected chi connectivity index (χ1v) is 7.94. The summed E-state index contributed by atoms with van der Waals surface area (Å²) >= 11 is 0. The Bertz CT molecular complexity index is 915. The van der Waals surface area contributed by atoms with Crippen LogP contribution in [0.2, 0.25) is 0 Å². The minimum absolute atomic E-state index is 0. The van der Waals surface area contributed by atoms with E-state index in [0.29, 0.717) is 5.95 Å². The predicted molar refractivity (Wildman–Crippen MR) is 99.0 cm³/mol. The summed E-state index contributed by atoms with van der Waals surface area (Å²) in [6.07, 6.45) is 0. The Morgan fingerprint density at radius 3 is 1.93 bits per heavy atom. The molecule has 2 N–H and O–H groups in total. The van der Waals surface area contributed by atoms with Crippen LogP contribution in [0.1, 0.15) is 6.92 Å². The van der Waals surface area contributed by atoms with E-state index in [1.807, 2.05) is 48.5 Å². The molecule has 0 spiro atoms. The van der Waals surface area contributed by atoms with Crippen molar-refractivity contribution >= 4 is 34.6 Å². The first-order valence-electron chi connectivity index (χ1n) is 7.94. The molecule has 0 radical (unpaired) electrons. The van der Waals surface area contributed by atoms with E-state index in [4.69, 9.17) is 0 Å². The van der Waals surface area contributed by atoms with Crippen molar-refractivity contribution < 1.29 is 17.2 Å². The number of nitrogens with one attached hydrogen (secondary N) is 2. The predicted octanol–water partition coefficient (Wildman–Crippen LogP) is 0.556. The van der Waals surface area contributed by atoms with Crippen molar-refractivity contribution in [1.82, 2.24) is 19.8 Å². The van der Waals surface area contributed by atoms with E-state index in [0.717, 1.165) is 22.7 Å². The van der Waals surface area contributed by atoms with Gasteiger partial charge < -0.3 is 23.0 Å². The highest BCUT2D eigenvalue weighted by Gasteiger charge is 2.17. The molecule has 2 aromatic carbocycles. The summed E-state index contributed by atoms with van der Waals surface area (Å²) in [4.78, 5) is 11.0. The monoisotopic (exact) mass is 386 g/mol. The number of hydrogen-bond acceptors (Lipinski definition) is 6. The van der Waals surface area contributed by atoms with Crippen LogP contribution >= 0.6 is 0 Å². The van der Waals surface area contributed by atoms with Gasteiger partial charge in [0.2, 0.25) is 5.91 Å². The third kappa shape index (κ3) is 5.32. The quantitative estimate of drug-likeness (QED) is 0.494. The van der Waals surface area contributed by atoms with Crippen molar-refractivity contribution in [3.05, 3.63) is 48.5 Å². The lowest BCUT2D eigenvalue weighted by Gasteiger charge is -2.08. The Hall–Kier alpha value is -3.33. The third-order valence-corrected chi connectivity index (χ3v) is 3.50. The van der Waals surface area contributed by atoms with Gasteiger partial charge in [-0.25, -0.2) is 0 Å². The fourth-order valence-corrected chi connectivity index (χ4v) is 2.26. The second kappa shape index (κ2) is 8.86. The summed E-state index contributed by atoms with van der Waals surface area (Å²) in [5.41, 5.74) is 3.32. The van der Waals surface area contributed by atoms with Crippen molar-refractivity contribution in [3.8, 4) is 0 Å². The van der Waals surface area contributed by atoms with Crippen LogP contribution in [0.15, 0.2) is 58.8 Å². The summed E-state index contributed by atoms with van der Waals surface area (Å²) < 4.78 is 3.09. The smallest absolute Gasteiger partial charge is 0.512 e. The van der Waals surface area contributed by atoms with Gasteiger partial charge in [0.15, 0.2) is 0 Å². The molecule has 0 saturated carbocycles. The number of halogens is 1. The van der Waals surface area contributed by atoms with Gasteiger partial charge in [-0.05, 0) is 59.0 Å². The second-order valence-electron chi connectivity index (χ2n) is 5.66. The molecule has 0 fully saturated rings. The van der Waals surface area contributed by atoms with Crippen molar-refractivity contribution in [2.45, 2.75) is 6.92 Å². The SMILES string of the molecule is CC(=O)Nc1ccc(Nc2ccc(N=N[c+]3n(C)nnn3C)cc2)cc1.[Cl-]. The fourth-order valence-electron chi connectivity index (χ4n) is 2.26. The molecule has 9 nitrogen and oxygen atoms in total. The molecule has 3 aromatic rings. The van der Waals surface area contributed by atoms with Crippen LogP contribution in [-0.4, -0.2) is 25.7 Å². The second-order valence-corrected chi connectivity index (χ2v) is 5.66. The number of anilines is 3. The van der Waals surface area contributed by atoms with Gasteiger partial charge in [0.25, 0.3) is 0 Å². The number of aryl methyl sites for hydroxylation is 2. The zero-order chi connectivity index (χ0) is 18.5. The molecule has 10 heteroatoms. The van der Waals surface area contributed by atoms with E-state index in [-0.39, 0.29) is 18.3 Å². The average molecular weight is 387 g/mol. The normalized spacial score (nSPS) is 10.5. The van der Waals surface area contributed by atoms with Gasteiger partial charge in [-0.15, -0.1) is 5.11 Å². The zero-order valence-electron chi connectivity index (χ0n) is 15.1. The summed E-state index contributed by atoms with van der Waals surface area (Å²) in [5.74, 6) is 0.456. The van der Waals surface area contributed by atoms with Crippen molar-refractivity contribution in [2.24, 2.45) is 24.3 Å². The van der Waals surface area contributed by atoms with Crippen LogP contribution in [0.25, 0.3) is 0 Å². The Labute approximate surface area is 162 Å². The summed E-state index contributed by atoms with van der Waals surface area (Å²) in [7, 11) is 3.51. The van der Waals surface area contributed by atoms with Crippen LogP contribution in [0, 0.1) is 0 Å². The highest BCUT2D eigenvalue weighted by Crippen LogP contribution is 2.23. The average Bonchev–Trinajstić information content (AvgIpc) is 2.94. The highest BCUT2D eigenvalue weighted by atomic mass is 35.5. The Kier molecular flexibility index (Phi) is 6.56. The summed E-state index contributed by atoms with van der Waals surface area (Å²) in [6.45, 7) is 1.48. The van der Waals surface area contributed by atoms with E-state index in [9.17, 15) is 4.79 Å². The topological polar surface area (TPSA) is 101 Å². The number of aromatic nitrogens is 4. The number of azo groups is 1.